The Balaban J connectivity index is 2.01. The lowest BCUT2D eigenvalue weighted by Gasteiger charge is -2.22. The third kappa shape index (κ3) is 5.92. The van der Waals surface area contributed by atoms with Crippen LogP contribution in [0.3, 0.4) is 0 Å². The highest BCUT2D eigenvalue weighted by Crippen LogP contribution is 2.26. The number of rotatable bonds is 8. The molecule has 0 heterocycles. The summed E-state index contributed by atoms with van der Waals surface area (Å²) in [4.78, 5) is 26.3. The lowest BCUT2D eigenvalue weighted by molar-refractivity contribution is -0.885. The summed E-state index contributed by atoms with van der Waals surface area (Å²) < 4.78 is 0. The Morgan fingerprint density at radius 1 is 1.00 bits per heavy atom. The van der Waals surface area contributed by atoms with E-state index in [0.717, 1.165) is 39.4 Å². The fourth-order valence-electron chi connectivity index (χ4n) is 3.69. The maximum atomic E-state index is 12.8. The molecule has 0 aliphatic carbocycles. The molecule has 5 heteroatoms. The summed E-state index contributed by atoms with van der Waals surface area (Å²) in [5, 5.41) is 6.08. The summed E-state index contributed by atoms with van der Waals surface area (Å²) in [6, 6.07) is 11.7. The van der Waals surface area contributed by atoms with Crippen LogP contribution in [0.15, 0.2) is 36.4 Å². The number of quaternary nitrogens is 1. The molecule has 0 aliphatic heterocycles. The number of carbonyl (C=O) groups excluding carboxylic acids is 2. The number of hydrogen-bond acceptors (Lipinski definition) is 2. The smallest absolute Gasteiger partial charge is 0.282 e. The predicted molar refractivity (Wildman–Crippen MR) is 124 cm³/mol. The summed E-state index contributed by atoms with van der Waals surface area (Å²) in [6.07, 6.45) is 1.01. The molecular formula is C25H36N3O2+. The first-order valence-electron chi connectivity index (χ1n) is 10.7. The normalized spacial score (nSPS) is 14.0. The van der Waals surface area contributed by atoms with Gasteiger partial charge in [0.25, 0.3) is 11.8 Å². The van der Waals surface area contributed by atoms with Crippen molar-refractivity contribution >= 4 is 23.2 Å². The summed E-state index contributed by atoms with van der Waals surface area (Å²) in [7, 11) is 1.87. The summed E-state index contributed by atoms with van der Waals surface area (Å²) >= 11 is 0. The van der Waals surface area contributed by atoms with Gasteiger partial charge in [-0.3, -0.25) is 9.59 Å². The van der Waals surface area contributed by atoms with Crippen LogP contribution in [0, 0.1) is 20.8 Å². The summed E-state index contributed by atoms with van der Waals surface area (Å²) in [5.74, 6) is 0.189. The van der Waals surface area contributed by atoms with Crippen molar-refractivity contribution in [1.82, 2.24) is 0 Å². The van der Waals surface area contributed by atoms with E-state index in [2.05, 4.69) is 42.7 Å². The van der Waals surface area contributed by atoms with Crippen molar-refractivity contribution in [3.63, 3.8) is 0 Å². The van der Waals surface area contributed by atoms with Crippen molar-refractivity contribution in [2.75, 3.05) is 24.2 Å². The zero-order valence-corrected chi connectivity index (χ0v) is 19.3. The minimum Gasteiger partial charge on any atom is -0.321 e. The molecule has 5 nitrogen and oxygen atoms in total. The summed E-state index contributed by atoms with van der Waals surface area (Å²) in [5.41, 5.74) is 6.12. The van der Waals surface area contributed by atoms with Crippen LogP contribution >= 0.6 is 0 Å². The molecule has 0 spiro atoms. The van der Waals surface area contributed by atoms with Crippen molar-refractivity contribution in [1.29, 1.82) is 0 Å². The van der Waals surface area contributed by atoms with Gasteiger partial charge in [-0.1, -0.05) is 49.7 Å². The van der Waals surface area contributed by atoms with Gasteiger partial charge in [0.05, 0.1) is 7.05 Å². The monoisotopic (exact) mass is 410 g/mol. The third-order valence-electron chi connectivity index (χ3n) is 5.88. The summed E-state index contributed by atoms with van der Waals surface area (Å²) in [6.45, 7) is 12.4. The molecule has 0 aromatic heterocycles. The van der Waals surface area contributed by atoms with E-state index < -0.39 is 0 Å². The van der Waals surface area contributed by atoms with Crippen molar-refractivity contribution in [2.24, 2.45) is 0 Å². The molecule has 2 aromatic rings. The van der Waals surface area contributed by atoms with E-state index in [4.69, 9.17) is 0 Å². The molecule has 3 N–H and O–H groups in total. The molecule has 0 bridgehead atoms. The number of benzene rings is 2. The van der Waals surface area contributed by atoms with E-state index in [9.17, 15) is 9.59 Å². The Bertz CT molecular complexity index is 884. The first kappa shape index (κ1) is 23.6. The van der Waals surface area contributed by atoms with Gasteiger partial charge in [0.2, 0.25) is 0 Å². The molecule has 2 rings (SSSR count). The Morgan fingerprint density at radius 3 is 2.20 bits per heavy atom. The van der Waals surface area contributed by atoms with Gasteiger partial charge >= 0.3 is 0 Å². The average molecular weight is 411 g/mol. The van der Waals surface area contributed by atoms with Gasteiger partial charge in [-0.25, -0.2) is 0 Å². The van der Waals surface area contributed by atoms with Gasteiger partial charge in [0.15, 0.2) is 12.6 Å². The lowest BCUT2D eigenvalue weighted by Crippen LogP contribution is -3.14. The van der Waals surface area contributed by atoms with Crippen molar-refractivity contribution < 1.29 is 14.5 Å². The second kappa shape index (κ2) is 10.4. The number of amides is 2. The highest BCUT2D eigenvalue weighted by atomic mass is 16.2. The molecule has 0 fully saturated rings. The number of aryl methyl sites for hydroxylation is 3. The molecule has 0 radical (unpaired) electrons. The maximum absolute atomic E-state index is 12.8. The SMILES string of the molecule is CC[C@H](C)c1ccccc1NC(=O)[C@@H](C)[NH+](C)CC(=O)Nc1c(C)cc(C)cc1C. The van der Waals surface area contributed by atoms with Gasteiger partial charge in [0, 0.05) is 11.4 Å². The predicted octanol–water partition coefficient (Wildman–Crippen LogP) is 3.61. The van der Waals surface area contributed by atoms with Crippen LogP contribution in [-0.4, -0.2) is 31.4 Å². The number of anilines is 2. The number of nitrogens with one attached hydrogen (secondary N) is 3. The molecule has 0 aliphatic rings. The zero-order chi connectivity index (χ0) is 22.4. The van der Waals surface area contributed by atoms with Gasteiger partial charge in [0.1, 0.15) is 0 Å². The first-order valence-corrected chi connectivity index (χ1v) is 10.7. The van der Waals surface area contributed by atoms with E-state index in [0.29, 0.717) is 5.92 Å². The molecule has 1 unspecified atom stereocenters. The largest absolute Gasteiger partial charge is 0.321 e. The number of carbonyl (C=O) groups is 2. The quantitative estimate of drug-likeness (QED) is 0.623. The molecule has 2 aromatic carbocycles. The van der Waals surface area contributed by atoms with Gasteiger partial charge < -0.3 is 15.5 Å². The topological polar surface area (TPSA) is 62.6 Å². The van der Waals surface area contributed by atoms with E-state index in [1.54, 1.807) is 0 Å². The van der Waals surface area contributed by atoms with Gasteiger partial charge in [-0.2, -0.15) is 0 Å². The van der Waals surface area contributed by atoms with Crippen molar-refractivity contribution in [2.45, 2.75) is 59.9 Å². The number of hydrogen-bond donors (Lipinski definition) is 3. The fourth-order valence-corrected chi connectivity index (χ4v) is 3.69. The Hall–Kier alpha value is -2.66. The average Bonchev–Trinajstić information content (AvgIpc) is 2.69. The third-order valence-corrected chi connectivity index (χ3v) is 5.88. The van der Waals surface area contributed by atoms with Crippen LogP contribution in [-0.2, 0) is 9.59 Å². The van der Waals surface area contributed by atoms with E-state index >= 15 is 0 Å². The van der Waals surface area contributed by atoms with Crippen LogP contribution < -0.4 is 15.5 Å². The first-order chi connectivity index (χ1) is 14.1. The van der Waals surface area contributed by atoms with E-state index in [-0.39, 0.29) is 24.4 Å². The Labute approximate surface area is 180 Å². The van der Waals surface area contributed by atoms with Gasteiger partial charge in [-0.05, 0) is 62.8 Å². The van der Waals surface area contributed by atoms with Crippen molar-refractivity contribution in [3.05, 3.63) is 58.7 Å². The molecular weight excluding hydrogens is 374 g/mol. The molecule has 0 saturated carbocycles. The van der Waals surface area contributed by atoms with Gasteiger partial charge in [-0.15, -0.1) is 0 Å². The van der Waals surface area contributed by atoms with Crippen LogP contribution in [0.25, 0.3) is 0 Å². The molecule has 162 valence electrons. The molecule has 30 heavy (non-hydrogen) atoms. The number of para-hydroxylation sites is 1. The second-order valence-electron chi connectivity index (χ2n) is 8.45. The Morgan fingerprint density at radius 2 is 1.60 bits per heavy atom. The van der Waals surface area contributed by atoms with Crippen LogP contribution in [0.2, 0.25) is 0 Å². The molecule has 0 saturated heterocycles. The maximum Gasteiger partial charge on any atom is 0.282 e. The zero-order valence-electron chi connectivity index (χ0n) is 19.3. The minimum atomic E-state index is -0.360. The fraction of sp³-hybridized carbons (Fsp3) is 0.440. The second-order valence-corrected chi connectivity index (χ2v) is 8.45. The molecule has 2 amide bonds. The molecule has 3 atom stereocenters. The van der Waals surface area contributed by atoms with Crippen molar-refractivity contribution in [3.8, 4) is 0 Å². The van der Waals surface area contributed by atoms with Crippen LogP contribution in [0.4, 0.5) is 11.4 Å². The van der Waals surface area contributed by atoms with E-state index in [1.807, 2.05) is 52.9 Å². The lowest BCUT2D eigenvalue weighted by atomic mass is 9.97. The van der Waals surface area contributed by atoms with Crippen LogP contribution in [0.1, 0.15) is 55.4 Å². The highest BCUT2D eigenvalue weighted by molar-refractivity contribution is 5.95. The van der Waals surface area contributed by atoms with E-state index in [1.165, 1.54) is 5.56 Å². The standard InChI is InChI=1S/C25H35N3O2/c1-8-17(3)21-11-9-10-12-22(21)26-25(30)20(6)28(7)15-23(29)27-24-18(4)13-16(2)14-19(24)5/h9-14,17,20H,8,15H2,1-7H3,(H,26,30)(H,27,29)/p+1/t17-,20+/m0/s1. The van der Waals surface area contributed by atoms with Crippen LogP contribution in [0.5, 0.6) is 0 Å². The highest BCUT2D eigenvalue weighted by Gasteiger charge is 2.25. The minimum absolute atomic E-state index is 0.0845. The Kier molecular flexibility index (Phi) is 8.18. The number of likely N-dealkylation sites (N-methyl/N-ethyl adjacent to an activating group) is 1.